The van der Waals surface area contributed by atoms with E-state index in [1.807, 2.05) is 12.1 Å². The molecule has 0 aromatic carbocycles. The number of hydrogen-bond donors (Lipinski definition) is 2. The fraction of sp³-hybridized carbons (Fsp3) is 0.500. The van der Waals surface area contributed by atoms with E-state index in [0.717, 1.165) is 24.8 Å². The number of ether oxygens (including phenoxy) is 1. The quantitative estimate of drug-likeness (QED) is 0.898. The van der Waals surface area contributed by atoms with Gasteiger partial charge in [0.25, 0.3) is 5.91 Å². The van der Waals surface area contributed by atoms with Crippen LogP contribution in [0, 0.1) is 5.92 Å². The van der Waals surface area contributed by atoms with Crippen LogP contribution in [0.1, 0.15) is 36.0 Å². The summed E-state index contributed by atoms with van der Waals surface area (Å²) in [7, 11) is 1.61. The molecule has 1 aliphatic rings. The molecule has 0 saturated heterocycles. The Bertz CT molecular complexity index is 667. The summed E-state index contributed by atoms with van der Waals surface area (Å²) in [5.74, 6) is 1.16. The first-order valence-corrected chi connectivity index (χ1v) is 7.73. The van der Waals surface area contributed by atoms with Crippen molar-refractivity contribution in [3.05, 3.63) is 30.1 Å². The highest BCUT2D eigenvalue weighted by Crippen LogP contribution is 2.24. The molecule has 118 valence electrons. The zero-order valence-electron chi connectivity index (χ0n) is 12.8. The van der Waals surface area contributed by atoms with Gasteiger partial charge in [-0.25, -0.2) is 4.52 Å². The Morgan fingerprint density at radius 1 is 1.50 bits per heavy atom. The van der Waals surface area contributed by atoms with E-state index >= 15 is 0 Å². The minimum atomic E-state index is -0.0668. The first-order valence-electron chi connectivity index (χ1n) is 7.73. The maximum absolute atomic E-state index is 12.5. The fourth-order valence-electron chi connectivity index (χ4n) is 3.16. The number of methoxy groups -OCH3 is 1. The van der Waals surface area contributed by atoms with Gasteiger partial charge >= 0.3 is 0 Å². The molecule has 1 amide bonds. The van der Waals surface area contributed by atoms with Crippen LogP contribution in [0.3, 0.4) is 0 Å². The summed E-state index contributed by atoms with van der Waals surface area (Å²) in [6.45, 7) is 0.697. The lowest BCUT2D eigenvalue weighted by Crippen LogP contribution is -2.39. The minimum absolute atomic E-state index is 0.0668. The van der Waals surface area contributed by atoms with Gasteiger partial charge in [-0.2, -0.15) is 5.10 Å². The highest BCUT2D eigenvalue weighted by Gasteiger charge is 2.23. The molecule has 1 aliphatic carbocycles. The van der Waals surface area contributed by atoms with E-state index < -0.39 is 0 Å². The van der Waals surface area contributed by atoms with Crippen molar-refractivity contribution in [3.63, 3.8) is 0 Å². The average molecular weight is 302 g/mol. The van der Waals surface area contributed by atoms with Crippen LogP contribution in [0.2, 0.25) is 0 Å². The Morgan fingerprint density at radius 3 is 3.14 bits per heavy atom. The van der Waals surface area contributed by atoms with Crippen LogP contribution in [0.4, 0.5) is 0 Å². The molecule has 2 aromatic heterocycles. The molecule has 6 heteroatoms. The predicted molar refractivity (Wildman–Crippen MR) is 84.0 cm³/mol. The Morgan fingerprint density at radius 2 is 2.36 bits per heavy atom. The first-order chi connectivity index (χ1) is 10.7. The summed E-state index contributed by atoms with van der Waals surface area (Å²) in [6, 6.07) is 3.89. The molecule has 0 aliphatic heterocycles. The van der Waals surface area contributed by atoms with E-state index in [4.69, 9.17) is 10.5 Å². The van der Waals surface area contributed by atoms with Crippen molar-refractivity contribution in [1.82, 2.24) is 14.9 Å². The minimum Gasteiger partial charge on any atom is -0.495 e. The number of hydrogen-bond acceptors (Lipinski definition) is 4. The highest BCUT2D eigenvalue weighted by atomic mass is 16.5. The fourth-order valence-corrected chi connectivity index (χ4v) is 3.16. The van der Waals surface area contributed by atoms with E-state index in [1.165, 1.54) is 6.42 Å². The standard InChI is InChI=1S/C16H22N4O2/c1-22-13-5-6-15-14(9-18-20(15)10-13)16(21)19-12-4-2-3-11(7-12)8-17/h5-6,9-12H,2-4,7-8,17H2,1H3,(H,19,21). The first kappa shape index (κ1) is 14.8. The Balaban J connectivity index is 1.75. The highest BCUT2D eigenvalue weighted by molar-refractivity contribution is 6.00. The number of nitrogens with zero attached hydrogens (tertiary/aromatic N) is 2. The van der Waals surface area contributed by atoms with Crippen molar-refractivity contribution < 1.29 is 9.53 Å². The molecule has 2 atom stereocenters. The number of nitrogens with two attached hydrogens (primary N) is 1. The van der Waals surface area contributed by atoms with Crippen LogP contribution in [0.25, 0.3) is 5.52 Å². The van der Waals surface area contributed by atoms with Crippen LogP contribution >= 0.6 is 0 Å². The van der Waals surface area contributed by atoms with Gasteiger partial charge in [0, 0.05) is 6.04 Å². The van der Waals surface area contributed by atoms with Gasteiger partial charge in [0.15, 0.2) is 0 Å². The molecular formula is C16H22N4O2. The van der Waals surface area contributed by atoms with Crippen LogP contribution in [-0.2, 0) is 0 Å². The number of fused-ring (bicyclic) bond motifs is 1. The van der Waals surface area contributed by atoms with Gasteiger partial charge in [-0.15, -0.1) is 0 Å². The number of nitrogens with one attached hydrogen (secondary N) is 1. The molecule has 2 unspecified atom stereocenters. The maximum atomic E-state index is 12.5. The second-order valence-corrected chi connectivity index (χ2v) is 5.90. The molecule has 0 spiro atoms. The second kappa shape index (κ2) is 6.36. The van der Waals surface area contributed by atoms with E-state index in [0.29, 0.717) is 23.8 Å². The van der Waals surface area contributed by atoms with Crippen molar-refractivity contribution in [1.29, 1.82) is 0 Å². The Kier molecular flexibility index (Phi) is 4.29. The maximum Gasteiger partial charge on any atom is 0.255 e. The average Bonchev–Trinajstić information content (AvgIpc) is 2.98. The zero-order chi connectivity index (χ0) is 15.5. The van der Waals surface area contributed by atoms with Crippen LogP contribution in [0.5, 0.6) is 5.75 Å². The lowest BCUT2D eigenvalue weighted by atomic mass is 9.85. The molecule has 2 heterocycles. The molecule has 2 aromatic rings. The van der Waals surface area contributed by atoms with E-state index in [9.17, 15) is 4.79 Å². The van der Waals surface area contributed by atoms with E-state index in [-0.39, 0.29) is 11.9 Å². The summed E-state index contributed by atoms with van der Waals surface area (Å²) in [6.07, 6.45) is 7.65. The third kappa shape index (κ3) is 2.92. The van der Waals surface area contributed by atoms with Crippen molar-refractivity contribution in [2.24, 2.45) is 11.7 Å². The SMILES string of the molecule is COc1ccc2c(C(=O)NC3CCCC(CN)C3)cnn2c1. The molecule has 3 N–H and O–H groups in total. The third-order valence-electron chi connectivity index (χ3n) is 4.42. The number of amides is 1. The van der Waals surface area contributed by atoms with E-state index in [1.54, 1.807) is 24.0 Å². The summed E-state index contributed by atoms with van der Waals surface area (Å²) in [5.41, 5.74) is 7.13. The molecule has 1 saturated carbocycles. The molecule has 0 bridgehead atoms. The van der Waals surface area contributed by atoms with Crippen LogP contribution in [0.15, 0.2) is 24.5 Å². The summed E-state index contributed by atoms with van der Waals surface area (Å²) in [5, 5.41) is 7.36. The zero-order valence-corrected chi connectivity index (χ0v) is 12.8. The monoisotopic (exact) mass is 302 g/mol. The molecular weight excluding hydrogens is 280 g/mol. The smallest absolute Gasteiger partial charge is 0.255 e. The van der Waals surface area contributed by atoms with Crippen molar-refractivity contribution in [2.45, 2.75) is 31.7 Å². The van der Waals surface area contributed by atoms with E-state index in [2.05, 4.69) is 10.4 Å². The lowest BCUT2D eigenvalue weighted by Gasteiger charge is -2.28. The van der Waals surface area contributed by atoms with Crippen molar-refractivity contribution in [2.75, 3.05) is 13.7 Å². The number of pyridine rings is 1. The normalized spacial score (nSPS) is 21.7. The predicted octanol–water partition coefficient (Wildman–Crippen LogP) is 1.59. The Hall–Kier alpha value is -2.08. The number of aromatic nitrogens is 2. The van der Waals surface area contributed by atoms with Gasteiger partial charge in [-0.3, -0.25) is 4.79 Å². The number of carbonyl (C=O) groups is 1. The second-order valence-electron chi connectivity index (χ2n) is 5.90. The van der Waals surface area contributed by atoms with Gasteiger partial charge in [-0.1, -0.05) is 6.42 Å². The Labute approximate surface area is 129 Å². The third-order valence-corrected chi connectivity index (χ3v) is 4.42. The summed E-state index contributed by atoms with van der Waals surface area (Å²) < 4.78 is 6.83. The van der Waals surface area contributed by atoms with Crippen molar-refractivity contribution >= 4 is 11.4 Å². The van der Waals surface area contributed by atoms with Gasteiger partial charge < -0.3 is 15.8 Å². The molecule has 0 radical (unpaired) electrons. The largest absolute Gasteiger partial charge is 0.495 e. The summed E-state index contributed by atoms with van der Waals surface area (Å²) in [4.78, 5) is 12.5. The molecule has 3 rings (SSSR count). The van der Waals surface area contributed by atoms with Crippen LogP contribution < -0.4 is 15.8 Å². The molecule has 6 nitrogen and oxygen atoms in total. The van der Waals surface area contributed by atoms with Gasteiger partial charge in [0.1, 0.15) is 5.75 Å². The molecule has 22 heavy (non-hydrogen) atoms. The topological polar surface area (TPSA) is 81.6 Å². The van der Waals surface area contributed by atoms with Crippen molar-refractivity contribution in [3.8, 4) is 5.75 Å². The number of carbonyl (C=O) groups excluding carboxylic acids is 1. The van der Waals surface area contributed by atoms with Gasteiger partial charge in [0.2, 0.25) is 0 Å². The molecule has 1 fully saturated rings. The lowest BCUT2D eigenvalue weighted by molar-refractivity contribution is 0.0922. The summed E-state index contributed by atoms with van der Waals surface area (Å²) >= 11 is 0. The van der Waals surface area contributed by atoms with Gasteiger partial charge in [0.05, 0.1) is 30.6 Å². The number of rotatable bonds is 4. The van der Waals surface area contributed by atoms with Gasteiger partial charge in [-0.05, 0) is 43.9 Å². The van der Waals surface area contributed by atoms with Crippen LogP contribution in [-0.4, -0.2) is 35.2 Å².